The summed E-state index contributed by atoms with van der Waals surface area (Å²) in [6.45, 7) is 3.61. The molecule has 1 fully saturated rings. The van der Waals surface area contributed by atoms with Crippen LogP contribution in [0.3, 0.4) is 0 Å². The van der Waals surface area contributed by atoms with Gasteiger partial charge in [-0.25, -0.2) is 0 Å². The lowest BCUT2D eigenvalue weighted by Gasteiger charge is -2.28. The first-order valence-electron chi connectivity index (χ1n) is 10.0. The molecule has 6 nitrogen and oxygen atoms in total. The van der Waals surface area contributed by atoms with E-state index in [0.717, 1.165) is 41.3 Å². The number of ether oxygens (including phenoxy) is 1. The number of anilines is 2. The number of nitrogens with one attached hydrogen (secondary N) is 1. The monoisotopic (exact) mass is 415 g/mol. The summed E-state index contributed by atoms with van der Waals surface area (Å²) in [5.41, 5.74) is 2.76. The molecular formula is C22H29N3O3S. The molecule has 29 heavy (non-hydrogen) atoms. The minimum absolute atomic E-state index is 0.0169. The zero-order chi connectivity index (χ0) is 20.8. The quantitative estimate of drug-likeness (QED) is 0.708. The Labute approximate surface area is 176 Å². The van der Waals surface area contributed by atoms with E-state index in [-0.39, 0.29) is 17.9 Å². The second kappa shape index (κ2) is 9.89. The summed E-state index contributed by atoms with van der Waals surface area (Å²) in [7, 11) is 3.96. The average molecular weight is 416 g/mol. The highest BCUT2D eigenvalue weighted by atomic mass is 32.1. The molecule has 0 aliphatic carbocycles. The molecule has 0 radical (unpaired) electrons. The van der Waals surface area contributed by atoms with Crippen molar-refractivity contribution in [3.63, 3.8) is 0 Å². The standard InChI is InChI=1S/C22H29N3O3S/c1-4-21(26)23-17-9-10-19(24(2)3)16(13-17)14-25(15-18-7-5-11-28-18)22(27)20-8-6-12-29-20/h6,8-10,12-13,18H,4-5,7,11,14-15H2,1-3H3,(H,23,26)/t18-/m1/s1. The van der Waals surface area contributed by atoms with Gasteiger partial charge >= 0.3 is 0 Å². The normalized spacial score (nSPS) is 15.9. The Morgan fingerprint density at radius 1 is 1.28 bits per heavy atom. The Bertz CT molecular complexity index is 830. The molecule has 3 rings (SSSR count). The summed E-state index contributed by atoms with van der Waals surface area (Å²) in [6, 6.07) is 9.61. The van der Waals surface area contributed by atoms with Crippen molar-refractivity contribution in [1.29, 1.82) is 0 Å². The molecule has 156 valence electrons. The summed E-state index contributed by atoms with van der Waals surface area (Å²) in [5.74, 6) is -0.0115. The van der Waals surface area contributed by atoms with Crippen molar-refractivity contribution >= 4 is 34.5 Å². The maximum absolute atomic E-state index is 13.2. The summed E-state index contributed by atoms with van der Waals surface area (Å²) in [5, 5.41) is 4.84. The van der Waals surface area contributed by atoms with Gasteiger partial charge in [0.15, 0.2) is 0 Å². The van der Waals surface area contributed by atoms with Crippen LogP contribution in [0.15, 0.2) is 35.7 Å². The van der Waals surface area contributed by atoms with Crippen molar-refractivity contribution in [3.8, 4) is 0 Å². The van der Waals surface area contributed by atoms with Gasteiger partial charge in [-0.2, -0.15) is 0 Å². The summed E-state index contributed by atoms with van der Waals surface area (Å²) < 4.78 is 5.80. The van der Waals surface area contributed by atoms with Crippen LogP contribution in [0, 0.1) is 0 Å². The molecule has 1 saturated heterocycles. The van der Waals surface area contributed by atoms with E-state index in [1.807, 2.05) is 66.5 Å². The molecular weight excluding hydrogens is 386 g/mol. The molecule has 1 aliphatic heterocycles. The number of hydrogen-bond acceptors (Lipinski definition) is 5. The fourth-order valence-electron chi connectivity index (χ4n) is 3.49. The van der Waals surface area contributed by atoms with Crippen LogP contribution in [-0.4, -0.2) is 50.1 Å². The number of hydrogen-bond donors (Lipinski definition) is 1. The minimum Gasteiger partial charge on any atom is -0.377 e. The highest BCUT2D eigenvalue weighted by molar-refractivity contribution is 7.12. The van der Waals surface area contributed by atoms with E-state index in [0.29, 0.717) is 19.5 Å². The predicted molar refractivity (Wildman–Crippen MR) is 118 cm³/mol. The second-order valence-corrected chi connectivity index (χ2v) is 8.39. The van der Waals surface area contributed by atoms with Gasteiger partial charge in [-0.05, 0) is 48.1 Å². The van der Waals surface area contributed by atoms with Gasteiger partial charge in [0.2, 0.25) is 5.91 Å². The molecule has 1 N–H and O–H groups in total. The molecule has 2 amide bonds. The molecule has 0 spiro atoms. The number of carbonyl (C=O) groups excluding carboxylic acids is 2. The third-order valence-corrected chi connectivity index (χ3v) is 5.85. The third kappa shape index (κ3) is 5.58. The molecule has 1 atom stereocenters. The SMILES string of the molecule is CCC(=O)Nc1ccc(N(C)C)c(CN(C[C@H]2CCCO2)C(=O)c2cccs2)c1. The van der Waals surface area contributed by atoms with E-state index in [1.54, 1.807) is 0 Å². The Kier molecular flexibility index (Phi) is 7.28. The number of carbonyl (C=O) groups is 2. The van der Waals surface area contributed by atoms with Crippen LogP contribution in [0.4, 0.5) is 11.4 Å². The van der Waals surface area contributed by atoms with E-state index in [9.17, 15) is 9.59 Å². The molecule has 1 aliphatic rings. The van der Waals surface area contributed by atoms with Crippen molar-refractivity contribution in [3.05, 3.63) is 46.2 Å². The van der Waals surface area contributed by atoms with Crippen LogP contribution in [-0.2, 0) is 16.1 Å². The Morgan fingerprint density at radius 2 is 2.10 bits per heavy atom. The van der Waals surface area contributed by atoms with Gasteiger partial charge in [-0.3, -0.25) is 9.59 Å². The lowest BCUT2D eigenvalue weighted by molar-refractivity contribution is -0.115. The first-order chi connectivity index (χ1) is 14.0. The Morgan fingerprint density at radius 3 is 2.72 bits per heavy atom. The van der Waals surface area contributed by atoms with E-state index in [2.05, 4.69) is 5.32 Å². The first kappa shape index (κ1) is 21.3. The van der Waals surface area contributed by atoms with Crippen LogP contribution >= 0.6 is 11.3 Å². The van der Waals surface area contributed by atoms with Gasteiger partial charge < -0.3 is 19.9 Å². The smallest absolute Gasteiger partial charge is 0.264 e. The first-order valence-corrected chi connectivity index (χ1v) is 10.9. The molecule has 0 saturated carbocycles. The van der Waals surface area contributed by atoms with E-state index in [4.69, 9.17) is 4.74 Å². The lowest BCUT2D eigenvalue weighted by atomic mass is 10.1. The van der Waals surface area contributed by atoms with Crippen molar-refractivity contribution in [1.82, 2.24) is 4.90 Å². The Balaban J connectivity index is 1.88. The molecule has 1 aromatic carbocycles. The van der Waals surface area contributed by atoms with Crippen molar-refractivity contribution in [2.45, 2.75) is 38.8 Å². The molecule has 0 unspecified atom stereocenters. The molecule has 2 aromatic rings. The highest BCUT2D eigenvalue weighted by Crippen LogP contribution is 2.27. The predicted octanol–water partition coefficient (Wildman–Crippen LogP) is 3.98. The maximum Gasteiger partial charge on any atom is 0.264 e. The van der Waals surface area contributed by atoms with Crippen LogP contribution in [0.5, 0.6) is 0 Å². The summed E-state index contributed by atoms with van der Waals surface area (Å²) >= 11 is 1.45. The highest BCUT2D eigenvalue weighted by Gasteiger charge is 2.25. The van der Waals surface area contributed by atoms with Gasteiger partial charge in [0.05, 0.1) is 11.0 Å². The van der Waals surface area contributed by atoms with Crippen LogP contribution in [0.1, 0.15) is 41.4 Å². The van der Waals surface area contributed by atoms with Crippen LogP contribution < -0.4 is 10.2 Å². The number of rotatable bonds is 8. The van der Waals surface area contributed by atoms with Crippen molar-refractivity contribution in [2.75, 3.05) is 37.5 Å². The van der Waals surface area contributed by atoms with E-state index in [1.165, 1.54) is 11.3 Å². The van der Waals surface area contributed by atoms with E-state index >= 15 is 0 Å². The Hall–Kier alpha value is -2.38. The molecule has 0 bridgehead atoms. The van der Waals surface area contributed by atoms with Gasteiger partial charge in [0.25, 0.3) is 5.91 Å². The number of nitrogens with zero attached hydrogens (tertiary/aromatic N) is 2. The minimum atomic E-state index is -0.0283. The van der Waals surface area contributed by atoms with Gasteiger partial charge in [-0.15, -0.1) is 11.3 Å². The number of thiophene rings is 1. The maximum atomic E-state index is 13.2. The van der Waals surface area contributed by atoms with Crippen molar-refractivity contribution in [2.24, 2.45) is 0 Å². The average Bonchev–Trinajstić information content (AvgIpc) is 3.41. The second-order valence-electron chi connectivity index (χ2n) is 7.44. The van der Waals surface area contributed by atoms with Gasteiger partial charge in [-0.1, -0.05) is 13.0 Å². The number of benzene rings is 1. The summed E-state index contributed by atoms with van der Waals surface area (Å²) in [6.07, 6.45) is 2.51. The lowest BCUT2D eigenvalue weighted by Crippen LogP contribution is -2.37. The molecule has 1 aromatic heterocycles. The van der Waals surface area contributed by atoms with Crippen molar-refractivity contribution < 1.29 is 14.3 Å². The topological polar surface area (TPSA) is 61.9 Å². The summed E-state index contributed by atoms with van der Waals surface area (Å²) in [4.78, 5) is 29.6. The fourth-order valence-corrected chi connectivity index (χ4v) is 4.18. The van der Waals surface area contributed by atoms with Crippen LogP contribution in [0.25, 0.3) is 0 Å². The largest absolute Gasteiger partial charge is 0.377 e. The molecule has 2 heterocycles. The van der Waals surface area contributed by atoms with Gasteiger partial charge in [0, 0.05) is 51.6 Å². The van der Waals surface area contributed by atoms with Gasteiger partial charge in [0.1, 0.15) is 0 Å². The molecule has 7 heteroatoms. The zero-order valence-corrected chi connectivity index (χ0v) is 18.1. The third-order valence-electron chi connectivity index (χ3n) is 4.99. The number of amides is 2. The van der Waals surface area contributed by atoms with E-state index < -0.39 is 0 Å². The fraction of sp³-hybridized carbons (Fsp3) is 0.455. The zero-order valence-electron chi connectivity index (χ0n) is 17.3. The van der Waals surface area contributed by atoms with Crippen LogP contribution in [0.2, 0.25) is 0 Å².